The Kier molecular flexibility index (Phi) is 5.05. The van der Waals surface area contributed by atoms with E-state index >= 15 is 0 Å². The van der Waals surface area contributed by atoms with Gasteiger partial charge in [0.15, 0.2) is 0 Å². The fraction of sp³-hybridized carbons (Fsp3) is 0.500. The van der Waals surface area contributed by atoms with E-state index < -0.39 is 0 Å². The summed E-state index contributed by atoms with van der Waals surface area (Å²) in [5, 5.41) is 0. The van der Waals surface area contributed by atoms with Gasteiger partial charge in [0, 0.05) is 38.1 Å². The summed E-state index contributed by atoms with van der Waals surface area (Å²) in [7, 11) is 1.62. The molecule has 0 atom stereocenters. The number of fused-ring (bicyclic) bond motifs is 1. The number of carbonyl (C=O) groups is 1. The van der Waals surface area contributed by atoms with Crippen LogP contribution in [-0.4, -0.2) is 50.1 Å². The lowest BCUT2D eigenvalue weighted by Crippen LogP contribution is -2.35. The van der Waals surface area contributed by atoms with Crippen LogP contribution < -0.4 is 4.74 Å². The van der Waals surface area contributed by atoms with Crippen LogP contribution >= 0.6 is 11.6 Å². The Hall–Kier alpha value is -1.26. The summed E-state index contributed by atoms with van der Waals surface area (Å²) in [4.78, 5) is 14.1. The summed E-state index contributed by atoms with van der Waals surface area (Å²) < 4.78 is 10.5. The Morgan fingerprint density at radius 1 is 1.47 bits per heavy atom. The van der Waals surface area contributed by atoms with E-state index in [1.807, 2.05) is 12.1 Å². The molecule has 0 radical (unpaired) electrons. The van der Waals surface area contributed by atoms with Crippen LogP contribution in [0.4, 0.5) is 0 Å². The SMILES string of the molecule is COCCN(CCCl)C(=O)c1ccc2c(c1)CCO2. The van der Waals surface area contributed by atoms with E-state index in [2.05, 4.69) is 0 Å². The van der Waals surface area contributed by atoms with Crippen molar-refractivity contribution in [2.45, 2.75) is 6.42 Å². The lowest BCUT2D eigenvalue weighted by Gasteiger charge is -2.21. The zero-order valence-electron chi connectivity index (χ0n) is 11.0. The largest absolute Gasteiger partial charge is 0.493 e. The highest BCUT2D eigenvalue weighted by Gasteiger charge is 2.18. The first-order chi connectivity index (χ1) is 9.26. The minimum atomic E-state index is -0.00704. The number of hydrogen-bond acceptors (Lipinski definition) is 3. The number of hydrogen-bond donors (Lipinski definition) is 0. The highest BCUT2D eigenvalue weighted by atomic mass is 35.5. The Bertz CT molecular complexity index is 450. The van der Waals surface area contributed by atoms with Crippen molar-refractivity contribution in [3.05, 3.63) is 29.3 Å². The topological polar surface area (TPSA) is 38.8 Å². The number of amides is 1. The molecule has 1 aliphatic rings. The van der Waals surface area contributed by atoms with Gasteiger partial charge in [-0.1, -0.05) is 0 Å². The molecule has 0 unspecified atom stereocenters. The molecule has 0 aliphatic carbocycles. The number of ether oxygens (including phenoxy) is 2. The number of halogens is 1. The van der Waals surface area contributed by atoms with E-state index in [4.69, 9.17) is 21.1 Å². The molecule has 1 aromatic rings. The second-order valence-corrected chi connectivity index (χ2v) is 4.77. The molecule has 104 valence electrons. The third-order valence-electron chi connectivity index (χ3n) is 3.14. The van der Waals surface area contributed by atoms with Gasteiger partial charge in [-0.3, -0.25) is 4.79 Å². The van der Waals surface area contributed by atoms with E-state index in [1.165, 1.54) is 0 Å². The molecule has 0 spiro atoms. The third kappa shape index (κ3) is 3.39. The molecule has 1 aliphatic heterocycles. The van der Waals surface area contributed by atoms with Crippen LogP contribution in [0.25, 0.3) is 0 Å². The Balaban J connectivity index is 2.11. The molecule has 1 aromatic carbocycles. The monoisotopic (exact) mass is 283 g/mol. The van der Waals surface area contributed by atoms with Crippen LogP contribution in [0, 0.1) is 0 Å². The number of carbonyl (C=O) groups excluding carboxylic acids is 1. The molecule has 0 saturated carbocycles. The average molecular weight is 284 g/mol. The van der Waals surface area contributed by atoms with Gasteiger partial charge in [0.25, 0.3) is 5.91 Å². The Labute approximate surface area is 118 Å². The van der Waals surface area contributed by atoms with Gasteiger partial charge in [0.1, 0.15) is 5.75 Å². The molecule has 1 heterocycles. The smallest absolute Gasteiger partial charge is 0.253 e. The van der Waals surface area contributed by atoms with Crippen molar-refractivity contribution in [1.29, 1.82) is 0 Å². The van der Waals surface area contributed by atoms with Gasteiger partial charge in [0.2, 0.25) is 0 Å². The van der Waals surface area contributed by atoms with E-state index in [9.17, 15) is 4.79 Å². The van der Waals surface area contributed by atoms with Crippen LogP contribution in [-0.2, 0) is 11.2 Å². The van der Waals surface area contributed by atoms with Gasteiger partial charge in [-0.25, -0.2) is 0 Å². The number of methoxy groups -OCH3 is 1. The van der Waals surface area contributed by atoms with Crippen molar-refractivity contribution in [1.82, 2.24) is 4.90 Å². The maximum Gasteiger partial charge on any atom is 0.253 e. The van der Waals surface area contributed by atoms with Gasteiger partial charge in [-0.15, -0.1) is 11.6 Å². The summed E-state index contributed by atoms with van der Waals surface area (Å²) in [6.07, 6.45) is 0.865. The molecule has 19 heavy (non-hydrogen) atoms. The number of benzene rings is 1. The van der Waals surface area contributed by atoms with Crippen LogP contribution in [0.1, 0.15) is 15.9 Å². The molecule has 0 bridgehead atoms. The number of rotatable bonds is 6. The molecule has 0 N–H and O–H groups in total. The standard InChI is InChI=1S/C14H18ClNO3/c1-18-9-7-16(6-5-15)14(17)12-2-3-13-11(10-12)4-8-19-13/h2-3,10H,4-9H2,1H3. The normalized spacial score (nSPS) is 12.9. The summed E-state index contributed by atoms with van der Waals surface area (Å²) >= 11 is 5.75. The fourth-order valence-corrected chi connectivity index (χ4v) is 2.32. The van der Waals surface area contributed by atoms with Crippen molar-refractivity contribution in [3.63, 3.8) is 0 Å². The number of nitrogens with zero attached hydrogens (tertiary/aromatic N) is 1. The molecule has 1 amide bonds. The van der Waals surface area contributed by atoms with Gasteiger partial charge in [-0.2, -0.15) is 0 Å². The van der Waals surface area contributed by atoms with Gasteiger partial charge >= 0.3 is 0 Å². The Morgan fingerprint density at radius 2 is 2.32 bits per heavy atom. The molecule has 5 heteroatoms. The Morgan fingerprint density at radius 3 is 3.05 bits per heavy atom. The van der Waals surface area contributed by atoms with Crippen molar-refractivity contribution >= 4 is 17.5 Å². The summed E-state index contributed by atoms with van der Waals surface area (Å²) in [6.45, 7) is 2.28. The summed E-state index contributed by atoms with van der Waals surface area (Å²) in [6, 6.07) is 5.59. The number of alkyl halides is 1. The minimum absolute atomic E-state index is 0.00704. The van der Waals surface area contributed by atoms with Crippen LogP contribution in [0.2, 0.25) is 0 Å². The molecule has 0 fully saturated rings. The van der Waals surface area contributed by atoms with Gasteiger partial charge in [-0.05, 0) is 23.8 Å². The predicted octanol–water partition coefficient (Wildman–Crippen LogP) is 1.95. The minimum Gasteiger partial charge on any atom is -0.493 e. The average Bonchev–Trinajstić information content (AvgIpc) is 2.90. The first-order valence-electron chi connectivity index (χ1n) is 6.36. The maximum absolute atomic E-state index is 12.4. The highest BCUT2D eigenvalue weighted by Crippen LogP contribution is 2.26. The zero-order chi connectivity index (χ0) is 13.7. The second kappa shape index (κ2) is 6.78. The van der Waals surface area contributed by atoms with Crippen LogP contribution in [0.3, 0.4) is 0 Å². The first kappa shape index (κ1) is 14.2. The molecular weight excluding hydrogens is 266 g/mol. The summed E-state index contributed by atoms with van der Waals surface area (Å²) in [5.74, 6) is 1.30. The van der Waals surface area contributed by atoms with Gasteiger partial charge in [0.05, 0.1) is 13.2 Å². The third-order valence-corrected chi connectivity index (χ3v) is 3.31. The first-order valence-corrected chi connectivity index (χ1v) is 6.89. The second-order valence-electron chi connectivity index (χ2n) is 4.39. The van der Waals surface area contributed by atoms with E-state index in [-0.39, 0.29) is 5.91 Å². The van der Waals surface area contributed by atoms with Crippen molar-refractivity contribution < 1.29 is 14.3 Å². The fourth-order valence-electron chi connectivity index (χ4n) is 2.12. The zero-order valence-corrected chi connectivity index (χ0v) is 11.8. The quantitative estimate of drug-likeness (QED) is 0.749. The predicted molar refractivity (Wildman–Crippen MR) is 74.1 cm³/mol. The molecule has 0 aromatic heterocycles. The van der Waals surface area contributed by atoms with Gasteiger partial charge < -0.3 is 14.4 Å². The van der Waals surface area contributed by atoms with E-state index in [0.29, 0.717) is 37.7 Å². The lowest BCUT2D eigenvalue weighted by atomic mass is 10.1. The van der Waals surface area contributed by atoms with E-state index in [0.717, 1.165) is 17.7 Å². The highest BCUT2D eigenvalue weighted by molar-refractivity contribution is 6.18. The molecule has 0 saturated heterocycles. The lowest BCUT2D eigenvalue weighted by molar-refractivity contribution is 0.0707. The van der Waals surface area contributed by atoms with E-state index in [1.54, 1.807) is 18.1 Å². The van der Waals surface area contributed by atoms with Crippen LogP contribution in [0.15, 0.2) is 18.2 Å². The summed E-state index contributed by atoms with van der Waals surface area (Å²) in [5.41, 5.74) is 1.79. The molecule has 4 nitrogen and oxygen atoms in total. The van der Waals surface area contributed by atoms with Crippen molar-refractivity contribution in [2.24, 2.45) is 0 Å². The maximum atomic E-state index is 12.4. The van der Waals surface area contributed by atoms with Crippen LogP contribution in [0.5, 0.6) is 5.75 Å². The molecule has 2 rings (SSSR count). The van der Waals surface area contributed by atoms with Crippen molar-refractivity contribution in [2.75, 3.05) is 39.3 Å². The molecular formula is C14H18ClNO3. The van der Waals surface area contributed by atoms with Crippen molar-refractivity contribution in [3.8, 4) is 5.75 Å².